The molecule has 2 nitrogen and oxygen atoms in total. The predicted molar refractivity (Wildman–Crippen MR) is 198 cm³/mol. The van der Waals surface area contributed by atoms with Gasteiger partial charge in [-0.2, -0.15) is 0 Å². The molecule has 5 aromatic rings. The fourth-order valence-corrected chi connectivity index (χ4v) is 6.64. The molecule has 0 bridgehead atoms. The van der Waals surface area contributed by atoms with Gasteiger partial charge in [-0.15, -0.1) is 0 Å². The molecule has 1 heterocycles. The van der Waals surface area contributed by atoms with E-state index in [2.05, 4.69) is 140 Å². The summed E-state index contributed by atoms with van der Waals surface area (Å²) in [5.41, 5.74) is 13.9. The number of hydrogen-bond donors (Lipinski definition) is 0. The van der Waals surface area contributed by atoms with Crippen LogP contribution in [0.1, 0.15) is 54.2 Å². The van der Waals surface area contributed by atoms with Crippen LogP contribution >= 0.6 is 0 Å². The fraction of sp³-hybridized carbons (Fsp3) is 0.136. The standard InChI is InChI=1S/C44H39NO/c1-4-5-8-15-31(2)40-24-22-37(26-32(40)3)45(38-23-25-44-42(30-38)41-20-13-14-21-43(41)46-44)39-28-35(33-16-9-6-10-17-33)27-36(29-39)34-18-11-7-12-19-34/h4-11,14-18,21-30H,2,12-13,19-20H2,1,3H3/b5-4-,15-8-. The van der Waals surface area contributed by atoms with E-state index >= 15 is 0 Å². The number of benzene rings is 4. The van der Waals surface area contributed by atoms with Crippen LogP contribution in [0.4, 0.5) is 17.1 Å². The molecule has 1 aromatic heterocycles. The lowest BCUT2D eigenvalue weighted by Crippen LogP contribution is -2.11. The van der Waals surface area contributed by atoms with Crippen molar-refractivity contribution in [3.63, 3.8) is 0 Å². The fourth-order valence-electron chi connectivity index (χ4n) is 6.64. The Morgan fingerprint density at radius 3 is 2.39 bits per heavy atom. The van der Waals surface area contributed by atoms with Crippen molar-refractivity contribution in [1.29, 1.82) is 0 Å². The van der Waals surface area contributed by atoms with Crippen LogP contribution in [0.15, 0.2) is 145 Å². The minimum Gasteiger partial charge on any atom is -0.456 e. The van der Waals surface area contributed by atoms with E-state index in [1.807, 2.05) is 25.2 Å². The zero-order valence-corrected chi connectivity index (χ0v) is 26.7. The van der Waals surface area contributed by atoms with Gasteiger partial charge in [0.15, 0.2) is 0 Å². The van der Waals surface area contributed by atoms with Gasteiger partial charge >= 0.3 is 0 Å². The van der Waals surface area contributed by atoms with Gasteiger partial charge in [0.1, 0.15) is 11.3 Å². The van der Waals surface area contributed by atoms with Gasteiger partial charge < -0.3 is 9.32 Å². The Balaban J connectivity index is 1.43. The summed E-state index contributed by atoms with van der Waals surface area (Å²) in [4.78, 5) is 2.40. The number of hydrogen-bond acceptors (Lipinski definition) is 2. The van der Waals surface area contributed by atoms with Crippen LogP contribution in [0, 0.1) is 6.92 Å². The van der Waals surface area contributed by atoms with E-state index in [0.29, 0.717) is 0 Å². The number of nitrogens with zero attached hydrogens (tertiary/aromatic N) is 1. The molecule has 0 unspecified atom stereocenters. The van der Waals surface area contributed by atoms with Crippen molar-refractivity contribution in [2.45, 2.75) is 39.5 Å². The number of anilines is 3. The average Bonchev–Trinajstić information content (AvgIpc) is 3.47. The second kappa shape index (κ2) is 12.9. The van der Waals surface area contributed by atoms with Crippen molar-refractivity contribution < 1.29 is 4.42 Å². The molecular formula is C44H39NO. The lowest BCUT2D eigenvalue weighted by atomic mass is 9.93. The van der Waals surface area contributed by atoms with E-state index in [1.165, 1.54) is 38.8 Å². The summed E-state index contributed by atoms with van der Waals surface area (Å²) in [5, 5.41) is 1.19. The topological polar surface area (TPSA) is 16.4 Å². The van der Waals surface area contributed by atoms with E-state index in [9.17, 15) is 0 Å². The highest BCUT2D eigenvalue weighted by Gasteiger charge is 2.21. The molecule has 0 fully saturated rings. The molecule has 0 aliphatic heterocycles. The molecule has 2 aliphatic carbocycles. The highest BCUT2D eigenvalue weighted by Crippen LogP contribution is 2.42. The first kappa shape index (κ1) is 29.4. The molecule has 0 radical (unpaired) electrons. The number of furan rings is 1. The molecule has 0 saturated carbocycles. The van der Waals surface area contributed by atoms with Gasteiger partial charge in [0.25, 0.3) is 0 Å². The minimum atomic E-state index is 0.939. The summed E-state index contributed by atoms with van der Waals surface area (Å²) in [6.45, 7) is 8.57. The molecule has 7 rings (SSSR count). The smallest absolute Gasteiger partial charge is 0.135 e. The van der Waals surface area contributed by atoms with Crippen LogP contribution in [0.3, 0.4) is 0 Å². The van der Waals surface area contributed by atoms with Crippen LogP contribution in [-0.2, 0) is 6.42 Å². The van der Waals surface area contributed by atoms with Crippen LogP contribution in [0.5, 0.6) is 0 Å². The number of aryl methyl sites for hydroxylation is 2. The first-order chi connectivity index (χ1) is 22.6. The molecular weight excluding hydrogens is 558 g/mol. The van der Waals surface area contributed by atoms with E-state index < -0.39 is 0 Å². The summed E-state index contributed by atoms with van der Waals surface area (Å²) in [7, 11) is 0. The second-order valence-corrected chi connectivity index (χ2v) is 12.1. The molecule has 0 N–H and O–H groups in total. The Hall–Kier alpha value is -5.34. The van der Waals surface area contributed by atoms with Crippen LogP contribution in [0.25, 0.3) is 39.3 Å². The van der Waals surface area contributed by atoms with Gasteiger partial charge in [0.05, 0.1) is 0 Å². The zero-order valence-electron chi connectivity index (χ0n) is 26.7. The summed E-state index contributed by atoms with van der Waals surface area (Å²) in [6.07, 6.45) is 23.3. The monoisotopic (exact) mass is 597 g/mol. The van der Waals surface area contributed by atoms with E-state index in [4.69, 9.17) is 4.42 Å². The van der Waals surface area contributed by atoms with Gasteiger partial charge in [-0.1, -0.05) is 91.6 Å². The third kappa shape index (κ3) is 5.87. The Morgan fingerprint density at radius 2 is 1.59 bits per heavy atom. The van der Waals surface area contributed by atoms with Crippen molar-refractivity contribution in [2.24, 2.45) is 0 Å². The Labute approximate surface area is 272 Å². The SMILES string of the molecule is C=C(/C=C\C=C/C)c1ccc(N(c2cc(C3=CC=CCC3)cc(-c3ccccc3)c2)c2ccc3oc4c(c3c2)CCC=C4)cc1C. The van der Waals surface area contributed by atoms with E-state index in [-0.39, 0.29) is 0 Å². The first-order valence-electron chi connectivity index (χ1n) is 16.3. The van der Waals surface area contributed by atoms with Crippen molar-refractivity contribution in [2.75, 3.05) is 4.90 Å². The molecule has 46 heavy (non-hydrogen) atoms. The highest BCUT2D eigenvalue weighted by atomic mass is 16.3. The van der Waals surface area contributed by atoms with Crippen LogP contribution in [0.2, 0.25) is 0 Å². The Bertz CT molecular complexity index is 2080. The van der Waals surface area contributed by atoms with Gasteiger partial charge in [0, 0.05) is 28.0 Å². The molecule has 0 saturated heterocycles. The molecule has 0 amide bonds. The van der Waals surface area contributed by atoms with Crippen molar-refractivity contribution in [1.82, 2.24) is 0 Å². The maximum Gasteiger partial charge on any atom is 0.135 e. The number of fused-ring (bicyclic) bond motifs is 3. The van der Waals surface area contributed by atoms with Crippen LogP contribution < -0.4 is 4.90 Å². The maximum atomic E-state index is 6.27. The highest BCUT2D eigenvalue weighted by molar-refractivity contribution is 5.92. The quantitative estimate of drug-likeness (QED) is 0.165. The van der Waals surface area contributed by atoms with Gasteiger partial charge in [-0.25, -0.2) is 0 Å². The predicted octanol–water partition coefficient (Wildman–Crippen LogP) is 12.7. The van der Waals surface area contributed by atoms with E-state index in [0.717, 1.165) is 65.2 Å². The third-order valence-electron chi connectivity index (χ3n) is 8.98. The molecule has 0 spiro atoms. The van der Waals surface area contributed by atoms with Gasteiger partial charge in [0.2, 0.25) is 0 Å². The maximum absolute atomic E-state index is 6.27. The summed E-state index contributed by atoms with van der Waals surface area (Å²) >= 11 is 0. The Kier molecular flexibility index (Phi) is 8.27. The summed E-state index contributed by atoms with van der Waals surface area (Å²) < 4.78 is 6.27. The molecule has 2 heteroatoms. The lowest BCUT2D eigenvalue weighted by Gasteiger charge is -2.28. The van der Waals surface area contributed by atoms with Crippen LogP contribution in [-0.4, -0.2) is 0 Å². The molecule has 0 atom stereocenters. The lowest BCUT2D eigenvalue weighted by molar-refractivity contribution is 0.595. The first-order valence-corrected chi connectivity index (χ1v) is 16.3. The van der Waals surface area contributed by atoms with Gasteiger partial charge in [-0.05, 0) is 133 Å². The van der Waals surface area contributed by atoms with Crippen molar-refractivity contribution in [3.05, 3.63) is 168 Å². The molecule has 226 valence electrons. The zero-order chi connectivity index (χ0) is 31.5. The largest absolute Gasteiger partial charge is 0.456 e. The average molecular weight is 598 g/mol. The number of allylic oxidation sites excluding steroid dienone is 10. The molecule has 2 aliphatic rings. The summed E-state index contributed by atoms with van der Waals surface area (Å²) in [5.74, 6) is 0.986. The normalized spacial score (nSPS) is 14.3. The minimum absolute atomic E-state index is 0.939. The summed E-state index contributed by atoms with van der Waals surface area (Å²) in [6, 6.07) is 31.1. The van der Waals surface area contributed by atoms with E-state index in [1.54, 1.807) is 0 Å². The van der Waals surface area contributed by atoms with Gasteiger partial charge in [-0.3, -0.25) is 0 Å². The second-order valence-electron chi connectivity index (χ2n) is 12.1. The third-order valence-corrected chi connectivity index (χ3v) is 8.98. The number of rotatable bonds is 8. The Morgan fingerprint density at radius 1 is 0.783 bits per heavy atom. The van der Waals surface area contributed by atoms with Crippen molar-refractivity contribution >= 4 is 45.3 Å². The molecule has 4 aromatic carbocycles. The van der Waals surface area contributed by atoms with Crippen molar-refractivity contribution in [3.8, 4) is 11.1 Å².